The van der Waals surface area contributed by atoms with Crippen LogP contribution in [-0.2, 0) is 9.47 Å². The maximum Gasteiger partial charge on any atom is 0.163 e. The van der Waals surface area contributed by atoms with E-state index in [2.05, 4.69) is 6.26 Å². The van der Waals surface area contributed by atoms with E-state index < -0.39 is 5.79 Å². The highest BCUT2D eigenvalue weighted by Gasteiger charge is 2.35. The molecular formula is C9H19NO2S. The molecule has 0 spiro atoms. The fraction of sp³-hybridized carbons (Fsp3) is 1.00. The van der Waals surface area contributed by atoms with Gasteiger partial charge in [-0.15, -0.1) is 0 Å². The molecule has 78 valence electrons. The summed E-state index contributed by atoms with van der Waals surface area (Å²) < 4.78 is 11.3. The van der Waals surface area contributed by atoms with Crippen LogP contribution in [0.4, 0.5) is 0 Å². The summed E-state index contributed by atoms with van der Waals surface area (Å²) >= 11 is 1.79. The Hall–Kier alpha value is 0.230. The molecule has 1 saturated heterocycles. The molecular weight excluding hydrogens is 186 g/mol. The Balaban J connectivity index is 2.52. The van der Waals surface area contributed by atoms with E-state index in [9.17, 15) is 0 Å². The molecule has 1 aliphatic rings. The van der Waals surface area contributed by atoms with Crippen LogP contribution in [0.3, 0.4) is 0 Å². The van der Waals surface area contributed by atoms with Crippen molar-refractivity contribution in [2.75, 3.05) is 25.2 Å². The highest BCUT2D eigenvalue weighted by molar-refractivity contribution is 7.98. The molecule has 3 nitrogen and oxygen atoms in total. The van der Waals surface area contributed by atoms with Crippen molar-refractivity contribution in [3.05, 3.63) is 0 Å². The predicted molar refractivity (Wildman–Crippen MR) is 55.8 cm³/mol. The Morgan fingerprint density at radius 1 is 1.54 bits per heavy atom. The second kappa shape index (κ2) is 4.64. The molecule has 1 aliphatic heterocycles. The summed E-state index contributed by atoms with van der Waals surface area (Å²) in [6, 6.07) is 0. The van der Waals surface area contributed by atoms with Crippen molar-refractivity contribution in [1.29, 1.82) is 0 Å². The summed E-state index contributed by atoms with van der Waals surface area (Å²) in [4.78, 5) is 0. The first-order valence-corrected chi connectivity index (χ1v) is 5.99. The van der Waals surface area contributed by atoms with E-state index in [0.29, 0.717) is 19.1 Å². The smallest absolute Gasteiger partial charge is 0.163 e. The maximum atomic E-state index is 5.79. The lowest BCUT2D eigenvalue weighted by Gasteiger charge is -2.40. The molecule has 4 heteroatoms. The highest BCUT2D eigenvalue weighted by Crippen LogP contribution is 2.27. The predicted octanol–water partition coefficient (Wildman–Crippen LogP) is 1.08. The van der Waals surface area contributed by atoms with Crippen LogP contribution in [0.5, 0.6) is 0 Å². The van der Waals surface area contributed by atoms with Crippen molar-refractivity contribution < 1.29 is 9.47 Å². The van der Waals surface area contributed by atoms with Crippen LogP contribution in [0.25, 0.3) is 0 Å². The molecule has 1 rings (SSSR count). The zero-order chi connectivity index (χ0) is 9.90. The molecule has 2 N–H and O–H groups in total. The molecule has 0 aromatic carbocycles. The monoisotopic (exact) mass is 205 g/mol. The second-order valence-electron chi connectivity index (χ2n) is 3.82. The quantitative estimate of drug-likeness (QED) is 0.748. The van der Waals surface area contributed by atoms with Gasteiger partial charge < -0.3 is 15.2 Å². The molecule has 13 heavy (non-hydrogen) atoms. The molecule has 0 aliphatic carbocycles. The number of hydrogen-bond donors (Lipinski definition) is 1. The van der Waals surface area contributed by atoms with Crippen LogP contribution in [0.2, 0.25) is 0 Å². The molecule has 0 aromatic heterocycles. The lowest BCUT2D eigenvalue weighted by Crippen LogP contribution is -2.49. The van der Waals surface area contributed by atoms with Gasteiger partial charge in [0.05, 0.1) is 12.7 Å². The maximum absolute atomic E-state index is 5.79. The van der Waals surface area contributed by atoms with E-state index in [1.54, 1.807) is 11.8 Å². The van der Waals surface area contributed by atoms with Gasteiger partial charge in [-0.1, -0.05) is 0 Å². The van der Waals surface area contributed by atoms with Crippen molar-refractivity contribution in [3.63, 3.8) is 0 Å². The van der Waals surface area contributed by atoms with Crippen molar-refractivity contribution in [1.82, 2.24) is 0 Å². The van der Waals surface area contributed by atoms with Crippen LogP contribution in [0.1, 0.15) is 13.8 Å². The van der Waals surface area contributed by atoms with Gasteiger partial charge in [0.1, 0.15) is 0 Å². The summed E-state index contributed by atoms with van der Waals surface area (Å²) in [5.74, 6) is 0.904. The molecule has 1 unspecified atom stereocenters. The van der Waals surface area contributed by atoms with Gasteiger partial charge in [-0.05, 0) is 26.6 Å². The van der Waals surface area contributed by atoms with Crippen LogP contribution in [0.15, 0.2) is 0 Å². The minimum Gasteiger partial charge on any atom is -0.350 e. The minimum absolute atomic E-state index is 0.240. The molecule has 1 heterocycles. The van der Waals surface area contributed by atoms with Crippen molar-refractivity contribution >= 4 is 11.8 Å². The van der Waals surface area contributed by atoms with Crippen molar-refractivity contribution in [3.8, 4) is 0 Å². The Morgan fingerprint density at radius 3 is 2.77 bits per heavy atom. The number of nitrogens with two attached hydrogens (primary N) is 1. The van der Waals surface area contributed by atoms with Gasteiger partial charge in [-0.25, -0.2) is 0 Å². The third-order valence-corrected chi connectivity index (χ3v) is 2.90. The van der Waals surface area contributed by atoms with E-state index in [0.717, 1.165) is 5.75 Å². The molecule has 2 atom stereocenters. The van der Waals surface area contributed by atoms with E-state index in [1.165, 1.54) is 0 Å². The van der Waals surface area contributed by atoms with Crippen LogP contribution in [-0.4, -0.2) is 37.1 Å². The first-order chi connectivity index (χ1) is 6.09. The molecule has 0 saturated carbocycles. The zero-order valence-corrected chi connectivity index (χ0v) is 9.39. The van der Waals surface area contributed by atoms with Gasteiger partial charge >= 0.3 is 0 Å². The van der Waals surface area contributed by atoms with Gasteiger partial charge in [0, 0.05) is 11.7 Å². The summed E-state index contributed by atoms with van der Waals surface area (Å²) in [7, 11) is 0. The van der Waals surface area contributed by atoms with Gasteiger partial charge in [-0.2, -0.15) is 11.8 Å². The highest BCUT2D eigenvalue weighted by atomic mass is 32.2. The standard InChI is InChI=1S/C9H19NO2S/c1-9(2)11-5-7(4-10)8(12-9)6-13-3/h7-8H,4-6,10H2,1-3H3/t7-,8?/m1/s1. The Labute approximate surface area is 84.3 Å². The fourth-order valence-corrected chi connectivity index (χ4v) is 2.13. The molecule has 0 amide bonds. The Morgan fingerprint density at radius 2 is 2.23 bits per heavy atom. The molecule has 1 fully saturated rings. The first kappa shape index (κ1) is 11.3. The van der Waals surface area contributed by atoms with E-state index in [1.807, 2.05) is 13.8 Å². The molecule has 0 radical (unpaired) electrons. The van der Waals surface area contributed by atoms with E-state index in [4.69, 9.17) is 15.2 Å². The Bertz CT molecular complexity index is 164. The molecule has 0 aromatic rings. The summed E-state index contributed by atoms with van der Waals surface area (Å²) in [5, 5.41) is 0. The summed E-state index contributed by atoms with van der Waals surface area (Å²) in [6.45, 7) is 5.26. The van der Waals surface area contributed by atoms with E-state index >= 15 is 0 Å². The number of rotatable bonds is 3. The van der Waals surface area contributed by atoms with Crippen LogP contribution < -0.4 is 5.73 Å². The van der Waals surface area contributed by atoms with Gasteiger partial charge in [0.2, 0.25) is 0 Å². The fourth-order valence-electron chi connectivity index (χ4n) is 1.46. The third kappa shape index (κ3) is 3.13. The SMILES string of the molecule is CSCC1OC(C)(C)OC[C@H]1CN. The third-order valence-electron chi connectivity index (χ3n) is 2.24. The first-order valence-electron chi connectivity index (χ1n) is 4.60. The Kier molecular flexibility index (Phi) is 4.04. The second-order valence-corrected chi connectivity index (χ2v) is 4.73. The number of hydrogen-bond acceptors (Lipinski definition) is 4. The largest absolute Gasteiger partial charge is 0.350 e. The lowest BCUT2D eigenvalue weighted by molar-refractivity contribution is -0.286. The number of thioether (sulfide) groups is 1. The normalized spacial score (nSPS) is 33.2. The zero-order valence-electron chi connectivity index (χ0n) is 8.58. The lowest BCUT2D eigenvalue weighted by atomic mass is 10.0. The van der Waals surface area contributed by atoms with Gasteiger partial charge in [0.25, 0.3) is 0 Å². The van der Waals surface area contributed by atoms with Crippen LogP contribution >= 0.6 is 11.8 Å². The average Bonchev–Trinajstić information content (AvgIpc) is 2.04. The van der Waals surface area contributed by atoms with Crippen molar-refractivity contribution in [2.45, 2.75) is 25.7 Å². The van der Waals surface area contributed by atoms with Gasteiger partial charge in [-0.3, -0.25) is 0 Å². The molecule has 0 bridgehead atoms. The summed E-state index contributed by atoms with van der Waals surface area (Å²) in [6.07, 6.45) is 2.32. The number of ether oxygens (including phenoxy) is 2. The van der Waals surface area contributed by atoms with Crippen molar-refractivity contribution in [2.24, 2.45) is 11.7 Å². The van der Waals surface area contributed by atoms with Gasteiger partial charge in [0.15, 0.2) is 5.79 Å². The minimum atomic E-state index is -0.438. The average molecular weight is 205 g/mol. The van der Waals surface area contributed by atoms with E-state index in [-0.39, 0.29) is 6.10 Å². The van der Waals surface area contributed by atoms with Crippen LogP contribution in [0, 0.1) is 5.92 Å². The summed E-state index contributed by atoms with van der Waals surface area (Å²) in [5.41, 5.74) is 5.64. The topological polar surface area (TPSA) is 44.5 Å².